The van der Waals surface area contributed by atoms with Crippen molar-refractivity contribution >= 4 is 31.9 Å². The van der Waals surface area contributed by atoms with Gasteiger partial charge in [-0.15, -0.1) is 0 Å². The summed E-state index contributed by atoms with van der Waals surface area (Å²) in [5, 5.41) is 2.00. The Hall–Kier alpha value is 0.180. The summed E-state index contributed by atoms with van der Waals surface area (Å²) in [6.07, 6.45) is 1.11. The highest BCUT2D eigenvalue weighted by Gasteiger charge is 2.04. The normalized spacial score (nSPS) is 10.5. The third kappa shape index (κ3) is 2.81. The number of alkyl halides is 2. The molecule has 0 aliphatic heterocycles. The fourth-order valence-electron chi connectivity index (χ4n) is 1.60. The Morgan fingerprint density at radius 2 is 1.85 bits per heavy atom. The third-order valence-corrected chi connectivity index (χ3v) is 3.16. The Morgan fingerprint density at radius 3 is 2.38 bits per heavy atom. The zero-order chi connectivity index (χ0) is 9.84. The van der Waals surface area contributed by atoms with Gasteiger partial charge >= 0.3 is 0 Å². The Morgan fingerprint density at radius 1 is 1.15 bits per heavy atom. The summed E-state index contributed by atoms with van der Waals surface area (Å²) in [5.74, 6) is 0. The fraction of sp³-hybridized carbons (Fsp3) is 0.455. The Balaban J connectivity index is 3.13. The molecule has 2 heteroatoms. The summed E-state index contributed by atoms with van der Waals surface area (Å²) >= 11 is 7.02. The van der Waals surface area contributed by atoms with E-state index < -0.39 is 0 Å². The van der Waals surface area contributed by atoms with Gasteiger partial charge in [0.1, 0.15) is 0 Å². The number of hydrogen-bond donors (Lipinski definition) is 0. The summed E-state index contributed by atoms with van der Waals surface area (Å²) in [6, 6.07) is 4.53. The molecule has 0 radical (unpaired) electrons. The molecule has 0 saturated carbocycles. The molecule has 0 bridgehead atoms. The van der Waals surface area contributed by atoms with E-state index in [0.717, 1.165) is 17.1 Å². The first-order valence-corrected chi connectivity index (χ1v) is 6.64. The van der Waals surface area contributed by atoms with Crippen LogP contribution in [0.4, 0.5) is 0 Å². The van der Waals surface area contributed by atoms with Gasteiger partial charge in [-0.1, -0.05) is 49.6 Å². The van der Waals surface area contributed by atoms with Crippen LogP contribution in [-0.4, -0.2) is 5.33 Å². The summed E-state index contributed by atoms with van der Waals surface area (Å²) in [4.78, 5) is 0. The maximum atomic E-state index is 3.54. The predicted molar refractivity (Wildman–Crippen MR) is 66.0 cm³/mol. The minimum absolute atomic E-state index is 0.960. The maximum absolute atomic E-state index is 3.54. The highest BCUT2D eigenvalue weighted by atomic mass is 79.9. The number of halogens is 2. The van der Waals surface area contributed by atoms with Gasteiger partial charge in [-0.2, -0.15) is 0 Å². The summed E-state index contributed by atoms with van der Waals surface area (Å²) in [5.41, 5.74) is 5.67. The average molecular weight is 306 g/mol. The Bertz CT molecular complexity index is 292. The van der Waals surface area contributed by atoms with Crippen LogP contribution < -0.4 is 0 Å². The van der Waals surface area contributed by atoms with E-state index in [0.29, 0.717) is 0 Å². The zero-order valence-electron chi connectivity index (χ0n) is 8.03. The van der Waals surface area contributed by atoms with Crippen molar-refractivity contribution in [3.63, 3.8) is 0 Å². The molecule has 0 spiro atoms. The van der Waals surface area contributed by atoms with Crippen molar-refractivity contribution in [2.75, 3.05) is 5.33 Å². The molecule has 1 aromatic rings. The lowest BCUT2D eigenvalue weighted by Crippen LogP contribution is -1.97. The first kappa shape index (κ1) is 11.3. The van der Waals surface area contributed by atoms with Crippen LogP contribution in [0.25, 0.3) is 0 Å². The van der Waals surface area contributed by atoms with E-state index in [-0.39, 0.29) is 0 Å². The van der Waals surface area contributed by atoms with Gasteiger partial charge in [0.25, 0.3) is 0 Å². The largest absolute Gasteiger partial charge is 0.0924 e. The second kappa shape index (κ2) is 5.16. The molecule has 0 unspecified atom stereocenters. The van der Waals surface area contributed by atoms with Crippen molar-refractivity contribution in [3.8, 4) is 0 Å². The SMILES string of the molecule is Cc1cc(C)c(CBr)c(CCBr)c1. The van der Waals surface area contributed by atoms with Crippen LogP contribution in [0.1, 0.15) is 22.3 Å². The van der Waals surface area contributed by atoms with Crippen LogP contribution in [0, 0.1) is 13.8 Å². The molecule has 0 fully saturated rings. The third-order valence-electron chi connectivity index (χ3n) is 2.21. The summed E-state index contributed by atoms with van der Waals surface area (Å²) in [6.45, 7) is 4.34. The average Bonchev–Trinajstić information content (AvgIpc) is 2.04. The predicted octanol–water partition coefficient (Wildman–Crippen LogP) is 4.14. The van der Waals surface area contributed by atoms with Gasteiger partial charge < -0.3 is 0 Å². The smallest absolute Gasteiger partial charge is 0.0288 e. The highest BCUT2D eigenvalue weighted by Crippen LogP contribution is 2.20. The Labute approximate surface area is 97.0 Å². The van der Waals surface area contributed by atoms with E-state index in [2.05, 4.69) is 57.8 Å². The first-order chi connectivity index (χ1) is 6.19. The summed E-state index contributed by atoms with van der Waals surface area (Å²) < 4.78 is 0. The van der Waals surface area contributed by atoms with Gasteiger partial charge in [-0.25, -0.2) is 0 Å². The molecule has 0 aromatic heterocycles. The molecule has 72 valence electrons. The van der Waals surface area contributed by atoms with E-state index in [1.807, 2.05) is 0 Å². The molecule has 0 amide bonds. The molecule has 13 heavy (non-hydrogen) atoms. The van der Waals surface area contributed by atoms with Gasteiger partial charge in [0.2, 0.25) is 0 Å². The van der Waals surface area contributed by atoms with Crippen molar-refractivity contribution in [2.24, 2.45) is 0 Å². The number of hydrogen-bond acceptors (Lipinski definition) is 0. The van der Waals surface area contributed by atoms with E-state index in [4.69, 9.17) is 0 Å². The fourth-order valence-corrected chi connectivity index (χ4v) is 2.83. The second-order valence-electron chi connectivity index (χ2n) is 3.29. The van der Waals surface area contributed by atoms with E-state index in [9.17, 15) is 0 Å². The molecular formula is C11H14Br2. The van der Waals surface area contributed by atoms with Gasteiger partial charge in [-0.3, -0.25) is 0 Å². The number of benzene rings is 1. The first-order valence-electron chi connectivity index (χ1n) is 4.40. The van der Waals surface area contributed by atoms with Crippen molar-refractivity contribution in [1.82, 2.24) is 0 Å². The van der Waals surface area contributed by atoms with Gasteiger partial charge in [0.05, 0.1) is 0 Å². The molecular weight excluding hydrogens is 292 g/mol. The lowest BCUT2D eigenvalue weighted by molar-refractivity contribution is 1.10. The number of rotatable bonds is 3. The Kier molecular flexibility index (Phi) is 4.47. The van der Waals surface area contributed by atoms with Gasteiger partial charge in [0.15, 0.2) is 0 Å². The van der Waals surface area contributed by atoms with Crippen LogP contribution in [0.2, 0.25) is 0 Å². The maximum Gasteiger partial charge on any atom is 0.0288 e. The molecule has 0 saturated heterocycles. The minimum Gasteiger partial charge on any atom is -0.0924 e. The van der Waals surface area contributed by atoms with E-state index >= 15 is 0 Å². The van der Waals surface area contributed by atoms with Crippen molar-refractivity contribution in [2.45, 2.75) is 25.6 Å². The monoisotopic (exact) mass is 304 g/mol. The van der Waals surface area contributed by atoms with Gasteiger partial charge in [0, 0.05) is 10.7 Å². The summed E-state index contributed by atoms with van der Waals surface area (Å²) in [7, 11) is 0. The molecule has 0 aliphatic rings. The quantitative estimate of drug-likeness (QED) is 0.736. The zero-order valence-corrected chi connectivity index (χ0v) is 11.2. The molecule has 0 N–H and O–H groups in total. The lowest BCUT2D eigenvalue weighted by atomic mass is 9.99. The van der Waals surface area contributed by atoms with E-state index in [1.165, 1.54) is 22.3 Å². The highest BCUT2D eigenvalue weighted by molar-refractivity contribution is 9.09. The molecule has 0 aliphatic carbocycles. The van der Waals surface area contributed by atoms with Crippen molar-refractivity contribution in [1.29, 1.82) is 0 Å². The molecule has 0 nitrogen and oxygen atoms in total. The van der Waals surface area contributed by atoms with Crippen molar-refractivity contribution < 1.29 is 0 Å². The molecule has 1 rings (SSSR count). The molecule has 0 atom stereocenters. The molecule has 1 aromatic carbocycles. The second-order valence-corrected chi connectivity index (χ2v) is 4.65. The van der Waals surface area contributed by atoms with Crippen LogP contribution in [-0.2, 0) is 11.8 Å². The van der Waals surface area contributed by atoms with Crippen LogP contribution >= 0.6 is 31.9 Å². The lowest BCUT2D eigenvalue weighted by Gasteiger charge is -2.10. The molecule has 0 heterocycles. The van der Waals surface area contributed by atoms with Crippen LogP contribution in [0.15, 0.2) is 12.1 Å². The number of aryl methyl sites for hydroxylation is 3. The minimum atomic E-state index is 0.960. The van der Waals surface area contributed by atoms with Crippen LogP contribution in [0.5, 0.6) is 0 Å². The standard InChI is InChI=1S/C11H14Br2/c1-8-5-9(2)11(7-13)10(6-8)3-4-12/h5-6H,3-4,7H2,1-2H3. The van der Waals surface area contributed by atoms with Crippen molar-refractivity contribution in [3.05, 3.63) is 34.4 Å². The van der Waals surface area contributed by atoms with E-state index in [1.54, 1.807) is 0 Å². The topological polar surface area (TPSA) is 0 Å². The van der Waals surface area contributed by atoms with Crippen LogP contribution in [0.3, 0.4) is 0 Å². The van der Waals surface area contributed by atoms with Gasteiger partial charge in [-0.05, 0) is 37.0 Å².